The van der Waals surface area contributed by atoms with E-state index < -0.39 is 0 Å². The van der Waals surface area contributed by atoms with Gasteiger partial charge >= 0.3 is 0 Å². The normalized spacial score (nSPS) is 10.8. The van der Waals surface area contributed by atoms with Gasteiger partial charge in [-0.15, -0.1) is 5.11 Å². The summed E-state index contributed by atoms with van der Waals surface area (Å²) in [6.45, 7) is 0. The first-order chi connectivity index (χ1) is 8.16. The Kier molecular flexibility index (Phi) is 2.91. The van der Waals surface area contributed by atoms with Gasteiger partial charge in [0.05, 0.1) is 5.69 Å². The molecule has 0 amide bonds. The number of benzene rings is 2. The van der Waals surface area contributed by atoms with Crippen molar-refractivity contribution in [1.29, 1.82) is 0 Å². The smallest absolute Gasteiger partial charge is 0.169 e. The Labute approximate surface area is 97.3 Å². The highest BCUT2D eigenvalue weighted by Gasteiger charge is 2.08. The second-order valence-electron chi connectivity index (χ2n) is 3.37. The Balaban J connectivity index is 2.34. The van der Waals surface area contributed by atoms with E-state index in [-0.39, 0.29) is 22.9 Å². The molecule has 0 aliphatic rings. The molecule has 0 bridgehead atoms. The van der Waals surface area contributed by atoms with Crippen LogP contribution in [0.15, 0.2) is 52.7 Å². The van der Waals surface area contributed by atoms with E-state index in [1.807, 2.05) is 6.07 Å². The zero-order valence-electron chi connectivity index (χ0n) is 8.78. The van der Waals surface area contributed by atoms with Crippen LogP contribution in [0.3, 0.4) is 0 Å². The Morgan fingerprint density at radius 2 is 1.35 bits per heavy atom. The summed E-state index contributed by atoms with van der Waals surface area (Å²) in [4.78, 5) is 0. The first-order valence-corrected chi connectivity index (χ1v) is 4.88. The highest BCUT2D eigenvalue weighted by molar-refractivity contribution is 5.63. The molecular weight excluding hydrogens is 220 g/mol. The second kappa shape index (κ2) is 4.52. The topological polar surface area (TPSA) is 85.4 Å². The lowest BCUT2D eigenvalue weighted by Gasteiger charge is -2.01. The van der Waals surface area contributed by atoms with Gasteiger partial charge in [-0.1, -0.05) is 18.2 Å². The quantitative estimate of drug-likeness (QED) is 0.692. The van der Waals surface area contributed by atoms with Gasteiger partial charge in [0.15, 0.2) is 17.2 Å². The molecule has 0 saturated carbocycles. The summed E-state index contributed by atoms with van der Waals surface area (Å²) in [7, 11) is 0. The molecule has 5 heteroatoms. The maximum absolute atomic E-state index is 9.48. The van der Waals surface area contributed by atoms with Gasteiger partial charge in [-0.05, 0) is 12.1 Å². The van der Waals surface area contributed by atoms with Gasteiger partial charge in [0.2, 0.25) is 0 Å². The fraction of sp³-hybridized carbons (Fsp3) is 0. The minimum Gasteiger partial charge on any atom is -0.508 e. The van der Waals surface area contributed by atoms with Crippen LogP contribution in [0.1, 0.15) is 0 Å². The molecule has 5 nitrogen and oxygen atoms in total. The molecule has 0 unspecified atom stereocenters. The minimum absolute atomic E-state index is 0.0772. The molecule has 0 atom stereocenters. The van der Waals surface area contributed by atoms with Crippen LogP contribution in [-0.4, -0.2) is 15.3 Å². The highest BCUT2D eigenvalue weighted by atomic mass is 16.3. The van der Waals surface area contributed by atoms with E-state index in [1.165, 1.54) is 0 Å². The Morgan fingerprint density at radius 1 is 0.765 bits per heavy atom. The highest BCUT2D eigenvalue weighted by Crippen LogP contribution is 2.39. The van der Waals surface area contributed by atoms with Crippen molar-refractivity contribution in [2.75, 3.05) is 0 Å². The molecule has 0 heterocycles. The van der Waals surface area contributed by atoms with Gasteiger partial charge in [0, 0.05) is 12.1 Å². The van der Waals surface area contributed by atoms with Gasteiger partial charge in [-0.3, -0.25) is 0 Å². The average Bonchev–Trinajstić information content (AvgIpc) is 2.29. The summed E-state index contributed by atoms with van der Waals surface area (Å²) >= 11 is 0. The fourth-order valence-electron chi connectivity index (χ4n) is 1.29. The number of nitrogens with zero attached hydrogens (tertiary/aromatic N) is 2. The maximum Gasteiger partial charge on any atom is 0.169 e. The average molecular weight is 230 g/mol. The van der Waals surface area contributed by atoms with Crippen LogP contribution >= 0.6 is 0 Å². The number of phenols is 3. The maximum atomic E-state index is 9.48. The van der Waals surface area contributed by atoms with E-state index in [4.69, 9.17) is 5.11 Å². The van der Waals surface area contributed by atoms with Crippen LogP contribution in [0, 0.1) is 0 Å². The van der Waals surface area contributed by atoms with Crippen molar-refractivity contribution in [2.24, 2.45) is 10.2 Å². The molecule has 0 spiro atoms. The summed E-state index contributed by atoms with van der Waals surface area (Å²) in [5.74, 6) is -0.900. The van der Waals surface area contributed by atoms with Crippen molar-refractivity contribution in [3.8, 4) is 17.2 Å². The molecule has 0 aliphatic carbocycles. The predicted octanol–water partition coefficient (Wildman–Crippen LogP) is 3.22. The third kappa shape index (κ3) is 2.52. The first-order valence-electron chi connectivity index (χ1n) is 4.88. The summed E-state index contributed by atoms with van der Waals surface area (Å²) in [6.07, 6.45) is 0. The van der Waals surface area contributed by atoms with Crippen molar-refractivity contribution in [3.05, 3.63) is 42.5 Å². The number of aromatic hydroxyl groups is 3. The molecule has 0 radical (unpaired) electrons. The van der Waals surface area contributed by atoms with Crippen LogP contribution < -0.4 is 0 Å². The molecule has 0 fully saturated rings. The van der Waals surface area contributed by atoms with Gasteiger partial charge in [-0.25, -0.2) is 0 Å². The van der Waals surface area contributed by atoms with Crippen molar-refractivity contribution in [3.63, 3.8) is 0 Å². The monoisotopic (exact) mass is 230 g/mol. The molecule has 86 valence electrons. The van der Waals surface area contributed by atoms with Gasteiger partial charge in [0.1, 0.15) is 5.75 Å². The van der Waals surface area contributed by atoms with Crippen LogP contribution in [0.25, 0.3) is 0 Å². The number of hydrogen-bond acceptors (Lipinski definition) is 5. The molecule has 2 aromatic rings. The summed E-state index contributed by atoms with van der Waals surface area (Å²) in [5, 5.41) is 35.6. The van der Waals surface area contributed by atoms with E-state index in [9.17, 15) is 10.2 Å². The molecule has 0 aromatic heterocycles. The minimum atomic E-state index is -0.331. The zero-order valence-corrected chi connectivity index (χ0v) is 8.78. The van der Waals surface area contributed by atoms with Gasteiger partial charge in [-0.2, -0.15) is 5.11 Å². The first kappa shape index (κ1) is 10.9. The molecular formula is C12H10N2O3. The fourth-order valence-corrected chi connectivity index (χ4v) is 1.29. The summed E-state index contributed by atoms with van der Waals surface area (Å²) in [6, 6.07) is 11.1. The Morgan fingerprint density at radius 3 is 1.94 bits per heavy atom. The standard InChI is InChI=1S/C12H10N2O3/c15-9-6-10(16)12(11(17)7-9)14-13-8-4-2-1-3-5-8/h1-7,15-17H. The van der Waals surface area contributed by atoms with Crippen LogP contribution in [0.5, 0.6) is 17.2 Å². The molecule has 2 aromatic carbocycles. The van der Waals surface area contributed by atoms with Crippen molar-refractivity contribution in [2.45, 2.75) is 0 Å². The predicted molar refractivity (Wildman–Crippen MR) is 62.1 cm³/mol. The summed E-state index contributed by atoms with van der Waals surface area (Å²) in [5.41, 5.74) is 0.519. The number of azo groups is 1. The lowest BCUT2D eigenvalue weighted by Crippen LogP contribution is -1.71. The van der Waals surface area contributed by atoms with Crippen molar-refractivity contribution < 1.29 is 15.3 Å². The van der Waals surface area contributed by atoms with E-state index in [0.29, 0.717) is 5.69 Å². The molecule has 0 saturated heterocycles. The molecule has 17 heavy (non-hydrogen) atoms. The van der Waals surface area contributed by atoms with E-state index >= 15 is 0 Å². The molecule has 2 rings (SSSR count). The number of hydrogen-bond donors (Lipinski definition) is 3. The third-order valence-corrected chi connectivity index (χ3v) is 2.08. The van der Waals surface area contributed by atoms with Crippen LogP contribution in [0.4, 0.5) is 11.4 Å². The van der Waals surface area contributed by atoms with Crippen molar-refractivity contribution in [1.82, 2.24) is 0 Å². The largest absolute Gasteiger partial charge is 0.508 e. The Hall–Kier alpha value is -2.56. The van der Waals surface area contributed by atoms with Gasteiger partial charge < -0.3 is 15.3 Å². The number of phenolic OH excluding ortho intramolecular Hbond substituents is 3. The van der Waals surface area contributed by atoms with Gasteiger partial charge in [0.25, 0.3) is 0 Å². The van der Waals surface area contributed by atoms with E-state index in [2.05, 4.69) is 10.2 Å². The lowest BCUT2D eigenvalue weighted by molar-refractivity contribution is 0.429. The van der Waals surface area contributed by atoms with Crippen molar-refractivity contribution >= 4 is 11.4 Å². The number of rotatable bonds is 2. The molecule has 3 N–H and O–H groups in total. The van der Waals surface area contributed by atoms with E-state index in [0.717, 1.165) is 12.1 Å². The van der Waals surface area contributed by atoms with Crippen LogP contribution in [0.2, 0.25) is 0 Å². The van der Waals surface area contributed by atoms with E-state index in [1.54, 1.807) is 24.3 Å². The zero-order chi connectivity index (χ0) is 12.3. The SMILES string of the molecule is Oc1cc(O)c(N=Nc2ccccc2)c(O)c1. The van der Waals surface area contributed by atoms with Crippen LogP contribution in [-0.2, 0) is 0 Å². The third-order valence-electron chi connectivity index (χ3n) is 2.08. The Bertz CT molecular complexity index is 530. The summed E-state index contributed by atoms with van der Waals surface area (Å²) < 4.78 is 0. The molecule has 0 aliphatic heterocycles. The lowest BCUT2D eigenvalue weighted by atomic mass is 10.2. The second-order valence-corrected chi connectivity index (χ2v) is 3.37.